The number of likely N-dealkylation sites (N-methyl/N-ethyl adjacent to an activating group) is 1. The molecule has 8 nitrogen and oxygen atoms in total. The lowest BCUT2D eigenvalue weighted by atomic mass is 10.1. The van der Waals surface area contributed by atoms with Crippen molar-refractivity contribution in [2.75, 3.05) is 33.7 Å². The van der Waals surface area contributed by atoms with Crippen LogP contribution >= 0.6 is 0 Å². The SMILES string of the molecule is CC(=O)N1CCN(C(=O)c2cnco2)[C@H](C(=O)N(C)C)C1. The Morgan fingerprint density at radius 1 is 1.33 bits per heavy atom. The van der Waals surface area contributed by atoms with Crippen LogP contribution in [0.2, 0.25) is 0 Å². The fraction of sp³-hybridized carbons (Fsp3) is 0.538. The van der Waals surface area contributed by atoms with Crippen LogP contribution in [0.25, 0.3) is 0 Å². The summed E-state index contributed by atoms with van der Waals surface area (Å²) in [7, 11) is 3.23. The zero-order chi connectivity index (χ0) is 15.6. The largest absolute Gasteiger partial charge is 0.438 e. The van der Waals surface area contributed by atoms with E-state index < -0.39 is 11.9 Å². The summed E-state index contributed by atoms with van der Waals surface area (Å²) in [4.78, 5) is 44.3. The number of carbonyl (C=O) groups excluding carboxylic acids is 3. The second-order valence-electron chi connectivity index (χ2n) is 5.08. The topological polar surface area (TPSA) is 87.0 Å². The molecule has 1 atom stereocenters. The van der Waals surface area contributed by atoms with Gasteiger partial charge in [-0.15, -0.1) is 0 Å². The van der Waals surface area contributed by atoms with Crippen LogP contribution in [0.15, 0.2) is 17.0 Å². The Kier molecular flexibility index (Phi) is 4.25. The van der Waals surface area contributed by atoms with Crippen LogP contribution in [0.4, 0.5) is 0 Å². The predicted octanol–water partition coefficient (Wildman–Crippen LogP) is -0.564. The van der Waals surface area contributed by atoms with Crippen molar-refractivity contribution in [3.8, 4) is 0 Å². The first kappa shape index (κ1) is 15.0. The van der Waals surface area contributed by atoms with Crippen molar-refractivity contribution < 1.29 is 18.8 Å². The maximum absolute atomic E-state index is 12.4. The summed E-state index contributed by atoms with van der Waals surface area (Å²) in [5.74, 6) is -0.647. The van der Waals surface area contributed by atoms with Gasteiger partial charge in [-0.25, -0.2) is 4.98 Å². The highest BCUT2D eigenvalue weighted by Gasteiger charge is 2.38. The Hall–Kier alpha value is -2.38. The van der Waals surface area contributed by atoms with Crippen LogP contribution in [-0.2, 0) is 9.59 Å². The van der Waals surface area contributed by atoms with E-state index in [1.54, 1.807) is 19.0 Å². The molecule has 0 bridgehead atoms. The summed E-state index contributed by atoms with van der Waals surface area (Å²) in [6, 6.07) is -0.713. The van der Waals surface area contributed by atoms with Crippen LogP contribution in [-0.4, -0.2) is 77.2 Å². The van der Waals surface area contributed by atoms with E-state index in [1.165, 1.54) is 29.3 Å². The maximum Gasteiger partial charge on any atom is 0.292 e. The third-order valence-corrected chi connectivity index (χ3v) is 3.46. The maximum atomic E-state index is 12.4. The number of carbonyl (C=O) groups is 3. The number of rotatable bonds is 2. The molecule has 0 spiro atoms. The zero-order valence-corrected chi connectivity index (χ0v) is 12.3. The molecule has 2 rings (SSSR count). The zero-order valence-electron chi connectivity index (χ0n) is 12.3. The average molecular weight is 294 g/mol. The first-order chi connectivity index (χ1) is 9.91. The van der Waals surface area contributed by atoms with Crippen molar-refractivity contribution >= 4 is 17.7 Å². The highest BCUT2D eigenvalue weighted by atomic mass is 16.3. The van der Waals surface area contributed by atoms with Gasteiger partial charge in [0.05, 0.1) is 12.7 Å². The number of hydrogen-bond acceptors (Lipinski definition) is 5. The third kappa shape index (κ3) is 3.04. The van der Waals surface area contributed by atoms with Gasteiger partial charge in [0.2, 0.25) is 17.6 Å². The summed E-state index contributed by atoms with van der Waals surface area (Å²) in [5.41, 5.74) is 0. The molecule has 0 N–H and O–H groups in total. The predicted molar refractivity (Wildman–Crippen MR) is 72.3 cm³/mol. The molecule has 1 aromatic rings. The van der Waals surface area contributed by atoms with Gasteiger partial charge in [0.25, 0.3) is 5.91 Å². The molecule has 114 valence electrons. The minimum atomic E-state index is -0.713. The molecule has 0 aliphatic carbocycles. The van der Waals surface area contributed by atoms with Crippen molar-refractivity contribution in [2.24, 2.45) is 0 Å². The molecule has 1 aliphatic heterocycles. The standard InChI is InChI=1S/C13H18N4O4/c1-9(18)16-4-5-17(10(7-16)12(19)15(2)3)13(20)11-6-14-8-21-11/h6,8,10H,4-5,7H2,1-3H3/t10-/m0/s1. The quantitative estimate of drug-likeness (QED) is 0.729. The molecule has 8 heteroatoms. The second-order valence-corrected chi connectivity index (χ2v) is 5.08. The first-order valence-corrected chi connectivity index (χ1v) is 6.58. The van der Waals surface area contributed by atoms with Crippen molar-refractivity contribution in [1.82, 2.24) is 19.7 Å². The Balaban J connectivity index is 2.24. The second kappa shape index (κ2) is 5.94. The highest BCUT2D eigenvalue weighted by molar-refractivity contribution is 5.95. The molecule has 0 aromatic carbocycles. The molecule has 0 unspecified atom stereocenters. The number of amides is 3. The smallest absolute Gasteiger partial charge is 0.292 e. The molecular weight excluding hydrogens is 276 g/mol. The van der Waals surface area contributed by atoms with Gasteiger partial charge in [0.15, 0.2) is 6.39 Å². The molecule has 1 aromatic heterocycles. The van der Waals surface area contributed by atoms with Gasteiger partial charge in [0.1, 0.15) is 6.04 Å². The van der Waals surface area contributed by atoms with Crippen LogP contribution in [0.5, 0.6) is 0 Å². The Morgan fingerprint density at radius 3 is 2.57 bits per heavy atom. The normalized spacial score (nSPS) is 18.5. The molecule has 0 saturated carbocycles. The van der Waals surface area contributed by atoms with Crippen molar-refractivity contribution in [2.45, 2.75) is 13.0 Å². The molecule has 1 saturated heterocycles. The summed E-state index contributed by atoms with van der Waals surface area (Å²) < 4.78 is 5.00. The Morgan fingerprint density at radius 2 is 2.05 bits per heavy atom. The average Bonchev–Trinajstić information content (AvgIpc) is 2.99. The Bertz CT molecular complexity index is 540. The Labute approximate surface area is 122 Å². The monoisotopic (exact) mass is 294 g/mol. The lowest BCUT2D eigenvalue weighted by Crippen LogP contribution is -2.61. The fourth-order valence-corrected chi connectivity index (χ4v) is 2.28. The first-order valence-electron chi connectivity index (χ1n) is 6.58. The van der Waals surface area contributed by atoms with Gasteiger partial charge >= 0.3 is 0 Å². The van der Waals surface area contributed by atoms with E-state index in [0.717, 1.165) is 0 Å². The number of aromatic nitrogens is 1. The van der Waals surface area contributed by atoms with Crippen molar-refractivity contribution in [3.63, 3.8) is 0 Å². The third-order valence-electron chi connectivity index (χ3n) is 3.46. The molecule has 2 heterocycles. The molecule has 1 aliphatic rings. The van der Waals surface area contributed by atoms with Gasteiger partial charge in [0, 0.05) is 34.1 Å². The summed E-state index contributed by atoms with van der Waals surface area (Å²) >= 11 is 0. The number of piperazine rings is 1. The van der Waals surface area contributed by atoms with Crippen molar-refractivity contribution in [1.29, 1.82) is 0 Å². The molecule has 0 radical (unpaired) electrons. The van der Waals surface area contributed by atoms with E-state index in [2.05, 4.69) is 4.98 Å². The lowest BCUT2D eigenvalue weighted by molar-refractivity contribution is -0.139. The van der Waals surface area contributed by atoms with Crippen LogP contribution in [0.3, 0.4) is 0 Å². The molecule has 21 heavy (non-hydrogen) atoms. The number of hydrogen-bond donors (Lipinski definition) is 0. The van der Waals surface area contributed by atoms with E-state index in [9.17, 15) is 14.4 Å². The minimum Gasteiger partial charge on any atom is -0.438 e. The lowest BCUT2D eigenvalue weighted by Gasteiger charge is -2.40. The fourth-order valence-electron chi connectivity index (χ4n) is 2.28. The number of oxazole rings is 1. The van der Waals surface area contributed by atoms with Gasteiger partial charge in [-0.3, -0.25) is 14.4 Å². The van der Waals surface area contributed by atoms with Gasteiger partial charge in [-0.1, -0.05) is 0 Å². The molecule has 3 amide bonds. The van der Waals surface area contributed by atoms with Gasteiger partial charge < -0.3 is 19.1 Å². The van der Waals surface area contributed by atoms with E-state index >= 15 is 0 Å². The summed E-state index contributed by atoms with van der Waals surface area (Å²) in [5, 5.41) is 0. The van der Waals surface area contributed by atoms with Gasteiger partial charge in [-0.05, 0) is 0 Å². The van der Waals surface area contributed by atoms with E-state index in [0.29, 0.717) is 6.54 Å². The van der Waals surface area contributed by atoms with E-state index in [-0.39, 0.29) is 30.7 Å². The van der Waals surface area contributed by atoms with E-state index in [4.69, 9.17) is 4.42 Å². The highest BCUT2D eigenvalue weighted by Crippen LogP contribution is 2.16. The summed E-state index contributed by atoms with van der Waals surface area (Å²) in [6.07, 6.45) is 2.48. The van der Waals surface area contributed by atoms with Crippen LogP contribution in [0, 0.1) is 0 Å². The van der Waals surface area contributed by atoms with Gasteiger partial charge in [-0.2, -0.15) is 0 Å². The minimum absolute atomic E-state index is 0.0860. The number of nitrogens with zero attached hydrogens (tertiary/aromatic N) is 4. The summed E-state index contributed by atoms with van der Waals surface area (Å²) in [6.45, 7) is 2.31. The van der Waals surface area contributed by atoms with Crippen LogP contribution in [0.1, 0.15) is 17.5 Å². The molecule has 1 fully saturated rings. The van der Waals surface area contributed by atoms with E-state index in [1.807, 2.05) is 0 Å². The van der Waals surface area contributed by atoms with Crippen molar-refractivity contribution in [3.05, 3.63) is 18.4 Å². The van der Waals surface area contributed by atoms with Crippen LogP contribution < -0.4 is 0 Å². The molecular formula is C13H18N4O4.